The Morgan fingerprint density at radius 3 is 2.88 bits per heavy atom. The minimum Gasteiger partial charge on any atom is -0.381 e. The second-order valence-electron chi connectivity index (χ2n) is 6.29. The third kappa shape index (κ3) is 6.89. The summed E-state index contributed by atoms with van der Waals surface area (Å²) in [6, 6.07) is 10.5. The summed E-state index contributed by atoms with van der Waals surface area (Å²) in [6.45, 7) is 5.19. The zero-order chi connectivity index (χ0) is 17.0. The Hall–Kier alpha value is -1.59. The van der Waals surface area contributed by atoms with Crippen molar-refractivity contribution in [3.05, 3.63) is 35.9 Å². The maximum atomic E-state index is 5.71. The molecule has 0 radical (unpaired) electrons. The smallest absolute Gasteiger partial charge is 0.193 e. The first kappa shape index (κ1) is 18.7. The van der Waals surface area contributed by atoms with Crippen molar-refractivity contribution in [3.63, 3.8) is 0 Å². The maximum Gasteiger partial charge on any atom is 0.193 e. The molecule has 24 heavy (non-hydrogen) atoms. The molecule has 1 heterocycles. The molecule has 1 aromatic carbocycles. The first-order chi connectivity index (χ1) is 11.8. The van der Waals surface area contributed by atoms with E-state index in [9.17, 15) is 0 Å². The molecule has 1 aromatic rings. The lowest BCUT2D eigenvalue weighted by molar-refractivity contribution is 0.135. The van der Waals surface area contributed by atoms with E-state index in [2.05, 4.69) is 46.5 Å². The van der Waals surface area contributed by atoms with Crippen LogP contribution in [0, 0.1) is 5.92 Å². The number of benzene rings is 1. The van der Waals surface area contributed by atoms with Crippen LogP contribution in [-0.2, 0) is 15.9 Å². The zero-order valence-corrected chi connectivity index (χ0v) is 15.0. The van der Waals surface area contributed by atoms with Crippen molar-refractivity contribution in [3.8, 4) is 0 Å². The highest BCUT2D eigenvalue weighted by molar-refractivity contribution is 5.79. The molecule has 1 atom stereocenters. The SMILES string of the molecule is CN=C(NCCCOCCc1ccccc1)N(C)CC1CCOC1. The Balaban J connectivity index is 1.52. The monoisotopic (exact) mass is 333 g/mol. The van der Waals surface area contributed by atoms with Crippen molar-refractivity contribution < 1.29 is 9.47 Å². The summed E-state index contributed by atoms with van der Waals surface area (Å²) < 4.78 is 11.1. The highest BCUT2D eigenvalue weighted by Crippen LogP contribution is 2.13. The molecule has 1 fully saturated rings. The van der Waals surface area contributed by atoms with Crippen LogP contribution in [0.1, 0.15) is 18.4 Å². The first-order valence-electron chi connectivity index (χ1n) is 8.91. The van der Waals surface area contributed by atoms with Crippen LogP contribution < -0.4 is 5.32 Å². The standard InChI is InChI=1S/C19H31N3O2/c1-20-19(22(2)15-18-10-14-24-16-18)21-11-6-12-23-13-9-17-7-4-3-5-8-17/h3-5,7-8,18H,6,9-16H2,1-2H3,(H,20,21). The molecule has 1 saturated heterocycles. The molecule has 1 unspecified atom stereocenters. The molecule has 0 aromatic heterocycles. The predicted octanol–water partition coefficient (Wildman–Crippen LogP) is 2.18. The molecule has 1 N–H and O–H groups in total. The minimum absolute atomic E-state index is 0.620. The molecule has 5 heteroatoms. The van der Waals surface area contributed by atoms with Crippen LogP contribution in [0.4, 0.5) is 0 Å². The van der Waals surface area contributed by atoms with Crippen LogP contribution in [0.25, 0.3) is 0 Å². The highest BCUT2D eigenvalue weighted by Gasteiger charge is 2.18. The quantitative estimate of drug-likeness (QED) is 0.427. The number of guanidine groups is 1. The van der Waals surface area contributed by atoms with E-state index >= 15 is 0 Å². The van der Waals surface area contributed by atoms with Crippen molar-refractivity contribution in [2.75, 3.05) is 53.6 Å². The van der Waals surface area contributed by atoms with Gasteiger partial charge in [-0.2, -0.15) is 0 Å². The van der Waals surface area contributed by atoms with Crippen molar-refractivity contribution in [2.24, 2.45) is 10.9 Å². The number of nitrogens with one attached hydrogen (secondary N) is 1. The van der Waals surface area contributed by atoms with E-state index in [-0.39, 0.29) is 0 Å². The summed E-state index contributed by atoms with van der Waals surface area (Å²) in [4.78, 5) is 6.54. The van der Waals surface area contributed by atoms with Gasteiger partial charge in [0.1, 0.15) is 0 Å². The third-order valence-corrected chi connectivity index (χ3v) is 4.26. The summed E-state index contributed by atoms with van der Waals surface area (Å²) in [5, 5.41) is 3.41. The van der Waals surface area contributed by atoms with E-state index in [1.807, 2.05) is 13.1 Å². The van der Waals surface area contributed by atoms with Gasteiger partial charge in [0.25, 0.3) is 0 Å². The second kappa shape index (κ2) is 11.0. The van der Waals surface area contributed by atoms with Gasteiger partial charge in [0, 0.05) is 46.3 Å². The Bertz CT molecular complexity index is 473. The van der Waals surface area contributed by atoms with E-state index in [0.29, 0.717) is 5.92 Å². The lowest BCUT2D eigenvalue weighted by Crippen LogP contribution is -2.42. The summed E-state index contributed by atoms with van der Waals surface area (Å²) >= 11 is 0. The molecule has 2 rings (SSSR count). The second-order valence-corrected chi connectivity index (χ2v) is 6.29. The van der Waals surface area contributed by atoms with Gasteiger partial charge < -0.3 is 19.7 Å². The van der Waals surface area contributed by atoms with Crippen LogP contribution in [0.15, 0.2) is 35.3 Å². The number of aliphatic imine (C=N–C) groups is 1. The minimum atomic E-state index is 0.620. The fourth-order valence-corrected chi connectivity index (χ4v) is 2.90. The molecule has 5 nitrogen and oxygen atoms in total. The number of rotatable bonds is 9. The fourth-order valence-electron chi connectivity index (χ4n) is 2.90. The lowest BCUT2D eigenvalue weighted by atomic mass is 10.1. The maximum absolute atomic E-state index is 5.71. The van der Waals surface area contributed by atoms with Crippen molar-refractivity contribution in [1.29, 1.82) is 0 Å². The average Bonchev–Trinajstić information content (AvgIpc) is 3.11. The van der Waals surface area contributed by atoms with Crippen molar-refractivity contribution >= 4 is 5.96 Å². The van der Waals surface area contributed by atoms with Crippen LogP contribution >= 0.6 is 0 Å². The van der Waals surface area contributed by atoms with Gasteiger partial charge in [-0.15, -0.1) is 0 Å². The largest absolute Gasteiger partial charge is 0.381 e. The molecule has 1 aliphatic heterocycles. The van der Waals surface area contributed by atoms with E-state index < -0.39 is 0 Å². The van der Waals surface area contributed by atoms with Crippen LogP contribution in [0.2, 0.25) is 0 Å². The normalized spacial score (nSPS) is 17.9. The Kier molecular flexibility index (Phi) is 8.63. The molecular formula is C19H31N3O2. The zero-order valence-electron chi connectivity index (χ0n) is 15.0. The molecule has 134 valence electrons. The Morgan fingerprint density at radius 2 is 2.17 bits per heavy atom. The van der Waals surface area contributed by atoms with Gasteiger partial charge in [-0.05, 0) is 24.8 Å². The summed E-state index contributed by atoms with van der Waals surface area (Å²) in [7, 11) is 3.92. The number of nitrogens with zero attached hydrogens (tertiary/aromatic N) is 2. The lowest BCUT2D eigenvalue weighted by Gasteiger charge is -2.24. The van der Waals surface area contributed by atoms with Gasteiger partial charge in [0.05, 0.1) is 13.2 Å². The van der Waals surface area contributed by atoms with Crippen LogP contribution in [0.3, 0.4) is 0 Å². The van der Waals surface area contributed by atoms with Gasteiger partial charge >= 0.3 is 0 Å². The summed E-state index contributed by atoms with van der Waals surface area (Å²) in [6.07, 6.45) is 3.10. The van der Waals surface area contributed by atoms with Gasteiger partial charge in [-0.3, -0.25) is 4.99 Å². The van der Waals surface area contributed by atoms with E-state index in [0.717, 1.165) is 64.7 Å². The molecule has 0 spiro atoms. The number of ether oxygens (including phenoxy) is 2. The highest BCUT2D eigenvalue weighted by atomic mass is 16.5. The molecule has 1 aliphatic rings. The number of hydrogen-bond acceptors (Lipinski definition) is 3. The van der Waals surface area contributed by atoms with Crippen molar-refractivity contribution in [2.45, 2.75) is 19.3 Å². The topological polar surface area (TPSA) is 46.1 Å². The predicted molar refractivity (Wildman–Crippen MR) is 98.5 cm³/mol. The van der Waals surface area contributed by atoms with E-state index in [1.54, 1.807) is 0 Å². The van der Waals surface area contributed by atoms with Crippen LogP contribution in [-0.4, -0.2) is 64.5 Å². The fraction of sp³-hybridized carbons (Fsp3) is 0.632. The molecular weight excluding hydrogens is 302 g/mol. The Morgan fingerprint density at radius 1 is 1.33 bits per heavy atom. The third-order valence-electron chi connectivity index (χ3n) is 4.26. The number of hydrogen-bond donors (Lipinski definition) is 1. The van der Waals surface area contributed by atoms with E-state index in [1.165, 1.54) is 5.56 Å². The van der Waals surface area contributed by atoms with Gasteiger partial charge in [-0.25, -0.2) is 0 Å². The Labute approximate surface area is 146 Å². The molecule has 0 saturated carbocycles. The van der Waals surface area contributed by atoms with Gasteiger partial charge in [0.15, 0.2) is 5.96 Å². The molecule has 0 aliphatic carbocycles. The average molecular weight is 333 g/mol. The molecule has 0 bridgehead atoms. The van der Waals surface area contributed by atoms with Gasteiger partial charge in [0.2, 0.25) is 0 Å². The van der Waals surface area contributed by atoms with Crippen molar-refractivity contribution in [1.82, 2.24) is 10.2 Å². The van der Waals surface area contributed by atoms with E-state index in [4.69, 9.17) is 9.47 Å². The summed E-state index contributed by atoms with van der Waals surface area (Å²) in [5.41, 5.74) is 1.33. The van der Waals surface area contributed by atoms with Crippen LogP contribution in [0.5, 0.6) is 0 Å². The van der Waals surface area contributed by atoms with Gasteiger partial charge in [-0.1, -0.05) is 30.3 Å². The summed E-state index contributed by atoms with van der Waals surface area (Å²) in [5.74, 6) is 1.57. The molecule has 0 amide bonds. The first-order valence-corrected chi connectivity index (χ1v) is 8.91.